The van der Waals surface area contributed by atoms with Crippen molar-refractivity contribution in [1.82, 2.24) is 5.32 Å². The zero-order valence-electron chi connectivity index (χ0n) is 10.9. The number of carbonyl (C=O) groups is 1. The number of carbonyl (C=O) groups excluding carboxylic acids is 1. The highest BCUT2D eigenvalue weighted by Gasteiger charge is 2.30. The molecule has 0 radical (unpaired) electrons. The average Bonchev–Trinajstić information content (AvgIpc) is 2.26. The predicted molar refractivity (Wildman–Crippen MR) is 70.8 cm³/mol. The van der Waals surface area contributed by atoms with Crippen molar-refractivity contribution in [3.63, 3.8) is 0 Å². The van der Waals surface area contributed by atoms with Crippen LogP contribution in [0.3, 0.4) is 0 Å². The number of nitrogens with one attached hydrogen (secondary N) is 1. The Hall–Kier alpha value is -1.55. The van der Waals surface area contributed by atoms with Crippen molar-refractivity contribution in [3.8, 4) is 5.75 Å². The number of benzene rings is 1. The second kappa shape index (κ2) is 5.40. The Morgan fingerprint density at radius 3 is 2.78 bits per heavy atom. The lowest BCUT2D eigenvalue weighted by molar-refractivity contribution is 0.0657. The van der Waals surface area contributed by atoms with Crippen LogP contribution in [0, 0.1) is 12.8 Å². The Kier molecular flexibility index (Phi) is 3.87. The van der Waals surface area contributed by atoms with Crippen LogP contribution in [-0.4, -0.2) is 25.6 Å². The highest BCUT2D eigenvalue weighted by atomic mass is 16.5. The van der Waals surface area contributed by atoms with E-state index in [-0.39, 0.29) is 0 Å². The minimum atomic E-state index is -0.392. The van der Waals surface area contributed by atoms with Crippen LogP contribution in [-0.2, 0) is 0 Å². The van der Waals surface area contributed by atoms with Gasteiger partial charge in [0.2, 0.25) is 5.91 Å². The van der Waals surface area contributed by atoms with Crippen molar-refractivity contribution in [2.75, 3.05) is 13.6 Å². The van der Waals surface area contributed by atoms with Crippen LogP contribution in [0.1, 0.15) is 28.8 Å². The summed E-state index contributed by atoms with van der Waals surface area (Å²) >= 11 is 0. The van der Waals surface area contributed by atoms with Gasteiger partial charge < -0.3 is 15.8 Å². The molecule has 1 fully saturated rings. The summed E-state index contributed by atoms with van der Waals surface area (Å²) in [5.74, 6) is 1.16. The summed E-state index contributed by atoms with van der Waals surface area (Å²) < 4.78 is 5.86. The maximum Gasteiger partial charge on any atom is 0.248 e. The fourth-order valence-electron chi connectivity index (χ4n) is 2.40. The van der Waals surface area contributed by atoms with Crippen LogP contribution in [0.15, 0.2) is 18.2 Å². The molecule has 4 nitrogen and oxygen atoms in total. The molecule has 0 spiro atoms. The third-order valence-corrected chi connectivity index (χ3v) is 3.45. The van der Waals surface area contributed by atoms with E-state index in [2.05, 4.69) is 5.32 Å². The molecule has 1 aromatic carbocycles. The van der Waals surface area contributed by atoms with Crippen molar-refractivity contribution in [3.05, 3.63) is 29.3 Å². The lowest BCUT2D eigenvalue weighted by atomic mass is 9.82. The van der Waals surface area contributed by atoms with Crippen LogP contribution < -0.4 is 15.8 Å². The first-order valence-electron chi connectivity index (χ1n) is 6.32. The van der Waals surface area contributed by atoms with Gasteiger partial charge in [0.25, 0.3) is 0 Å². The largest absolute Gasteiger partial charge is 0.490 e. The summed E-state index contributed by atoms with van der Waals surface area (Å²) in [6.45, 7) is 2.93. The molecule has 0 bridgehead atoms. The Morgan fingerprint density at radius 1 is 1.50 bits per heavy atom. The summed E-state index contributed by atoms with van der Waals surface area (Å²) in [5, 5.41) is 3.18. The first-order chi connectivity index (χ1) is 8.60. The second-order valence-corrected chi connectivity index (χ2v) is 4.98. The summed E-state index contributed by atoms with van der Waals surface area (Å²) in [6.07, 6.45) is 2.50. The minimum Gasteiger partial charge on any atom is -0.490 e. The molecule has 0 heterocycles. The molecule has 18 heavy (non-hydrogen) atoms. The second-order valence-electron chi connectivity index (χ2n) is 4.98. The smallest absolute Gasteiger partial charge is 0.248 e. The van der Waals surface area contributed by atoms with Crippen molar-refractivity contribution in [2.24, 2.45) is 11.7 Å². The molecular formula is C14H20N2O2. The van der Waals surface area contributed by atoms with Crippen molar-refractivity contribution >= 4 is 5.91 Å². The molecule has 0 saturated heterocycles. The number of aryl methyl sites for hydroxylation is 1. The minimum absolute atomic E-state index is 0.308. The molecule has 0 aromatic heterocycles. The highest BCUT2D eigenvalue weighted by Crippen LogP contribution is 2.31. The van der Waals surface area contributed by atoms with Crippen LogP contribution in [0.5, 0.6) is 5.75 Å². The fourth-order valence-corrected chi connectivity index (χ4v) is 2.40. The molecular weight excluding hydrogens is 228 g/mol. The molecule has 0 atom stereocenters. The monoisotopic (exact) mass is 248 g/mol. The van der Waals surface area contributed by atoms with E-state index >= 15 is 0 Å². The van der Waals surface area contributed by atoms with Crippen LogP contribution >= 0.6 is 0 Å². The zero-order chi connectivity index (χ0) is 13.1. The quantitative estimate of drug-likeness (QED) is 0.829. The standard InChI is InChI=1S/C14H20N2O2/c1-9-5-11(3-4-13(9)14(15)17)18-12-6-10(7-12)8-16-2/h3-5,10,12,16H,6-8H2,1-2H3,(H2,15,17). The van der Waals surface area contributed by atoms with E-state index in [0.29, 0.717) is 11.7 Å². The van der Waals surface area contributed by atoms with Gasteiger partial charge in [-0.1, -0.05) is 0 Å². The molecule has 98 valence electrons. The van der Waals surface area contributed by atoms with Crippen molar-refractivity contribution in [2.45, 2.75) is 25.9 Å². The molecule has 0 aliphatic heterocycles. The van der Waals surface area contributed by atoms with Gasteiger partial charge in [0.05, 0.1) is 6.10 Å². The fraction of sp³-hybridized carbons (Fsp3) is 0.500. The Morgan fingerprint density at radius 2 is 2.22 bits per heavy atom. The highest BCUT2D eigenvalue weighted by molar-refractivity contribution is 5.94. The Bertz CT molecular complexity index is 439. The van der Waals surface area contributed by atoms with E-state index in [1.807, 2.05) is 26.1 Å². The lowest BCUT2D eigenvalue weighted by Crippen LogP contribution is -2.38. The topological polar surface area (TPSA) is 64.3 Å². The van der Waals surface area contributed by atoms with Gasteiger partial charge in [0, 0.05) is 5.56 Å². The summed E-state index contributed by atoms with van der Waals surface area (Å²) in [6, 6.07) is 5.43. The predicted octanol–water partition coefficient (Wildman–Crippen LogP) is 1.47. The van der Waals surface area contributed by atoms with E-state index in [4.69, 9.17) is 10.5 Å². The SMILES string of the molecule is CNCC1CC(Oc2ccc(C(N)=O)c(C)c2)C1. The number of nitrogens with two attached hydrogens (primary N) is 1. The van der Waals surface area contributed by atoms with Crippen LogP contribution in [0.2, 0.25) is 0 Å². The Labute approximate surface area is 108 Å². The number of ether oxygens (including phenoxy) is 1. The molecule has 2 rings (SSSR count). The first kappa shape index (κ1) is 12.9. The molecule has 1 aromatic rings. The molecule has 3 N–H and O–H groups in total. The third kappa shape index (κ3) is 2.82. The molecule has 1 saturated carbocycles. The number of rotatable bonds is 5. The third-order valence-electron chi connectivity index (χ3n) is 3.45. The number of hydrogen-bond acceptors (Lipinski definition) is 3. The van der Waals surface area contributed by atoms with E-state index in [1.165, 1.54) is 0 Å². The van der Waals surface area contributed by atoms with Gasteiger partial charge >= 0.3 is 0 Å². The summed E-state index contributed by atoms with van der Waals surface area (Å²) in [4.78, 5) is 11.1. The molecule has 0 unspecified atom stereocenters. The number of hydrogen-bond donors (Lipinski definition) is 2. The van der Waals surface area contributed by atoms with Crippen molar-refractivity contribution in [1.29, 1.82) is 0 Å². The van der Waals surface area contributed by atoms with Crippen molar-refractivity contribution < 1.29 is 9.53 Å². The van der Waals surface area contributed by atoms with Gasteiger partial charge in [0.15, 0.2) is 0 Å². The summed E-state index contributed by atoms with van der Waals surface area (Å²) in [7, 11) is 1.97. The average molecular weight is 248 g/mol. The van der Waals surface area contributed by atoms with Crippen LogP contribution in [0.4, 0.5) is 0 Å². The maximum atomic E-state index is 11.1. The van der Waals surface area contributed by atoms with Crippen LogP contribution in [0.25, 0.3) is 0 Å². The van der Waals surface area contributed by atoms with E-state index in [1.54, 1.807) is 6.07 Å². The summed E-state index contributed by atoms with van der Waals surface area (Å²) in [5.41, 5.74) is 6.69. The van der Waals surface area contributed by atoms with E-state index in [0.717, 1.165) is 36.6 Å². The molecule has 1 amide bonds. The van der Waals surface area contributed by atoms with Gasteiger partial charge in [-0.15, -0.1) is 0 Å². The molecule has 4 heteroatoms. The molecule has 1 aliphatic carbocycles. The van der Waals surface area contributed by atoms with Gasteiger partial charge in [-0.3, -0.25) is 4.79 Å². The first-order valence-corrected chi connectivity index (χ1v) is 6.32. The van der Waals surface area contributed by atoms with Gasteiger partial charge in [-0.2, -0.15) is 0 Å². The zero-order valence-corrected chi connectivity index (χ0v) is 10.9. The number of amides is 1. The van der Waals surface area contributed by atoms with Gasteiger partial charge in [-0.05, 0) is 63.0 Å². The number of primary amides is 1. The molecule has 1 aliphatic rings. The maximum absolute atomic E-state index is 11.1. The Balaban J connectivity index is 1.92. The van der Waals surface area contributed by atoms with Gasteiger partial charge in [0.1, 0.15) is 5.75 Å². The van der Waals surface area contributed by atoms with E-state index < -0.39 is 5.91 Å². The normalized spacial score (nSPS) is 22.3. The van der Waals surface area contributed by atoms with Gasteiger partial charge in [-0.25, -0.2) is 0 Å². The lowest BCUT2D eigenvalue weighted by Gasteiger charge is -2.35. The van der Waals surface area contributed by atoms with E-state index in [9.17, 15) is 4.79 Å².